The van der Waals surface area contributed by atoms with E-state index in [1.165, 1.54) is 5.01 Å². The highest BCUT2D eigenvalue weighted by molar-refractivity contribution is 6.33. The van der Waals surface area contributed by atoms with Gasteiger partial charge in [-0.1, -0.05) is 41.9 Å². The average Bonchev–Trinajstić information content (AvgIpc) is 3.22. The van der Waals surface area contributed by atoms with Gasteiger partial charge in [0.15, 0.2) is 23.0 Å². The van der Waals surface area contributed by atoms with Crippen molar-refractivity contribution in [2.45, 2.75) is 20.3 Å². The molecule has 0 spiro atoms. The van der Waals surface area contributed by atoms with E-state index in [0.29, 0.717) is 57.2 Å². The summed E-state index contributed by atoms with van der Waals surface area (Å²) < 4.78 is 23.1. The Morgan fingerprint density at radius 2 is 1.74 bits per heavy atom. The highest BCUT2D eigenvalue weighted by Gasteiger charge is 2.28. The standard InChI is InChI=1S/C31H31ClN2O5/c1-5-10-22-13-14-27(28(19-22)36-4)38-15-16-39-30-26(32)18-23(20-29(30)37-6-2)17-25-21(3)33-34(31(25)35)24-11-8-7-9-12-24/h5,7-9,11-14,17-20H,1,6,10,15-16H2,2-4H3. The Bertz CT molecular complexity index is 1400. The molecule has 4 rings (SSSR count). The van der Waals surface area contributed by atoms with Crippen LogP contribution in [0.25, 0.3) is 6.08 Å². The van der Waals surface area contributed by atoms with Crippen LogP contribution in [0.3, 0.4) is 0 Å². The number of methoxy groups -OCH3 is 1. The highest BCUT2D eigenvalue weighted by atomic mass is 35.5. The Hall–Kier alpha value is -4.23. The number of amides is 1. The van der Waals surface area contributed by atoms with Gasteiger partial charge in [-0.05, 0) is 73.9 Å². The van der Waals surface area contributed by atoms with Crippen LogP contribution in [0.15, 0.2) is 84.0 Å². The van der Waals surface area contributed by atoms with Crippen LogP contribution in [0.4, 0.5) is 5.69 Å². The second-order valence-corrected chi connectivity index (χ2v) is 9.04. The van der Waals surface area contributed by atoms with Crippen molar-refractivity contribution < 1.29 is 23.7 Å². The molecular formula is C31H31ClN2O5. The number of hydrogen-bond acceptors (Lipinski definition) is 6. The molecule has 202 valence electrons. The van der Waals surface area contributed by atoms with Gasteiger partial charge in [0.2, 0.25) is 0 Å². The number of ether oxygens (including phenoxy) is 4. The molecule has 3 aromatic rings. The van der Waals surface area contributed by atoms with Crippen LogP contribution in [0.1, 0.15) is 25.0 Å². The summed E-state index contributed by atoms with van der Waals surface area (Å²) in [6.07, 6.45) is 4.34. The van der Waals surface area contributed by atoms with Crippen molar-refractivity contribution in [3.8, 4) is 23.0 Å². The van der Waals surface area contributed by atoms with E-state index in [0.717, 1.165) is 12.0 Å². The van der Waals surface area contributed by atoms with Crippen LogP contribution in [-0.2, 0) is 11.2 Å². The predicted molar refractivity (Wildman–Crippen MR) is 156 cm³/mol. The van der Waals surface area contributed by atoms with E-state index >= 15 is 0 Å². The molecule has 1 aliphatic heterocycles. The zero-order chi connectivity index (χ0) is 27.8. The third kappa shape index (κ3) is 6.62. The molecule has 0 bridgehead atoms. The lowest BCUT2D eigenvalue weighted by Gasteiger charge is -2.16. The number of allylic oxidation sites excluding steroid dienone is 1. The minimum Gasteiger partial charge on any atom is -0.493 e. The number of hydrogen-bond donors (Lipinski definition) is 0. The first-order chi connectivity index (χ1) is 18.9. The van der Waals surface area contributed by atoms with E-state index in [-0.39, 0.29) is 19.1 Å². The van der Waals surface area contributed by atoms with Crippen molar-refractivity contribution >= 4 is 35.0 Å². The van der Waals surface area contributed by atoms with Crippen LogP contribution in [0, 0.1) is 0 Å². The minimum atomic E-state index is -0.210. The van der Waals surface area contributed by atoms with E-state index in [4.69, 9.17) is 30.5 Å². The van der Waals surface area contributed by atoms with E-state index < -0.39 is 0 Å². The molecule has 0 aliphatic carbocycles. The second kappa shape index (κ2) is 13.0. The van der Waals surface area contributed by atoms with Gasteiger partial charge in [0.25, 0.3) is 5.91 Å². The van der Waals surface area contributed by atoms with Gasteiger partial charge >= 0.3 is 0 Å². The van der Waals surface area contributed by atoms with Crippen LogP contribution in [0.5, 0.6) is 23.0 Å². The van der Waals surface area contributed by atoms with Crippen LogP contribution in [-0.4, -0.2) is 38.5 Å². The van der Waals surface area contributed by atoms with Crippen molar-refractivity contribution in [1.82, 2.24) is 0 Å². The molecule has 1 amide bonds. The van der Waals surface area contributed by atoms with Crippen molar-refractivity contribution in [1.29, 1.82) is 0 Å². The smallest absolute Gasteiger partial charge is 0.280 e. The normalized spacial score (nSPS) is 13.8. The lowest BCUT2D eigenvalue weighted by molar-refractivity contribution is -0.114. The van der Waals surface area contributed by atoms with E-state index in [2.05, 4.69) is 11.7 Å². The number of carbonyl (C=O) groups excluding carboxylic acids is 1. The molecule has 0 N–H and O–H groups in total. The largest absolute Gasteiger partial charge is 0.493 e. The monoisotopic (exact) mass is 546 g/mol. The van der Waals surface area contributed by atoms with Crippen molar-refractivity contribution in [3.63, 3.8) is 0 Å². The molecule has 3 aromatic carbocycles. The van der Waals surface area contributed by atoms with E-state index in [1.807, 2.05) is 61.5 Å². The summed E-state index contributed by atoms with van der Waals surface area (Å²) in [7, 11) is 1.60. The number of hydrazone groups is 1. The lowest BCUT2D eigenvalue weighted by atomic mass is 10.1. The van der Waals surface area contributed by atoms with Crippen molar-refractivity contribution in [2.75, 3.05) is 31.9 Å². The molecule has 7 nitrogen and oxygen atoms in total. The number of benzene rings is 3. The summed E-state index contributed by atoms with van der Waals surface area (Å²) in [5.41, 5.74) is 3.58. The molecule has 39 heavy (non-hydrogen) atoms. The number of anilines is 1. The van der Waals surface area contributed by atoms with Gasteiger partial charge in [-0.3, -0.25) is 4.79 Å². The third-order valence-electron chi connectivity index (χ3n) is 5.90. The van der Waals surface area contributed by atoms with Crippen molar-refractivity contribution in [2.24, 2.45) is 5.10 Å². The third-order valence-corrected chi connectivity index (χ3v) is 6.18. The fraction of sp³-hybridized carbons (Fsp3) is 0.226. The fourth-order valence-corrected chi connectivity index (χ4v) is 4.36. The first-order valence-electron chi connectivity index (χ1n) is 12.6. The SMILES string of the molecule is C=CCc1ccc(OCCOc2c(Cl)cc(C=C3C(=O)N(c4ccccc4)N=C3C)cc2OCC)c(OC)c1. The van der Waals surface area contributed by atoms with Crippen molar-refractivity contribution in [3.05, 3.63) is 95.0 Å². The first kappa shape index (κ1) is 27.8. The maximum atomic E-state index is 13.1. The van der Waals surface area contributed by atoms with Gasteiger partial charge in [0.1, 0.15) is 13.2 Å². The summed E-state index contributed by atoms with van der Waals surface area (Å²) in [4.78, 5) is 13.1. The first-order valence-corrected chi connectivity index (χ1v) is 13.0. The number of nitrogens with zero attached hydrogens (tertiary/aromatic N) is 2. The maximum absolute atomic E-state index is 13.1. The molecule has 0 saturated carbocycles. The molecule has 0 atom stereocenters. The van der Waals surface area contributed by atoms with Gasteiger partial charge in [0, 0.05) is 0 Å². The summed E-state index contributed by atoms with van der Waals surface area (Å²) in [6, 6.07) is 18.6. The Morgan fingerprint density at radius 1 is 0.974 bits per heavy atom. The Kier molecular flexibility index (Phi) is 9.28. The zero-order valence-corrected chi connectivity index (χ0v) is 23.0. The van der Waals surface area contributed by atoms with Gasteiger partial charge < -0.3 is 18.9 Å². The molecule has 1 heterocycles. The fourth-order valence-electron chi connectivity index (χ4n) is 4.09. The average molecular weight is 547 g/mol. The van der Waals surface area contributed by atoms with Crippen LogP contribution in [0.2, 0.25) is 5.02 Å². The quantitative estimate of drug-likeness (QED) is 0.143. The van der Waals surface area contributed by atoms with Gasteiger partial charge in [-0.25, -0.2) is 0 Å². The highest BCUT2D eigenvalue weighted by Crippen LogP contribution is 2.38. The van der Waals surface area contributed by atoms with Crippen LogP contribution >= 0.6 is 11.6 Å². The second-order valence-electron chi connectivity index (χ2n) is 8.63. The summed E-state index contributed by atoms with van der Waals surface area (Å²) in [5, 5.41) is 6.19. The van der Waals surface area contributed by atoms with Gasteiger partial charge in [-0.15, -0.1) is 6.58 Å². The predicted octanol–water partition coefficient (Wildman–Crippen LogP) is 6.74. The molecule has 0 fully saturated rings. The van der Waals surface area contributed by atoms with E-state index in [1.54, 1.807) is 32.2 Å². The molecular weight excluding hydrogens is 516 g/mol. The van der Waals surface area contributed by atoms with Gasteiger partial charge in [-0.2, -0.15) is 10.1 Å². The van der Waals surface area contributed by atoms with Gasteiger partial charge in [0.05, 0.1) is 35.7 Å². The molecule has 0 saturated heterocycles. The maximum Gasteiger partial charge on any atom is 0.280 e. The summed E-state index contributed by atoms with van der Waals surface area (Å²) in [5.74, 6) is 1.94. The van der Waals surface area contributed by atoms with Crippen LogP contribution < -0.4 is 24.0 Å². The molecule has 8 heteroatoms. The molecule has 0 aromatic heterocycles. The molecule has 0 unspecified atom stereocenters. The molecule has 1 aliphatic rings. The number of halogens is 1. The Morgan fingerprint density at radius 3 is 2.46 bits per heavy atom. The number of carbonyl (C=O) groups is 1. The minimum absolute atomic E-state index is 0.210. The molecule has 0 radical (unpaired) electrons. The number of para-hydroxylation sites is 1. The van der Waals surface area contributed by atoms with E-state index in [9.17, 15) is 4.79 Å². The summed E-state index contributed by atoms with van der Waals surface area (Å²) >= 11 is 6.62. The lowest BCUT2D eigenvalue weighted by Crippen LogP contribution is -2.21. The Balaban J connectivity index is 1.47. The number of rotatable bonds is 12. The summed E-state index contributed by atoms with van der Waals surface area (Å²) in [6.45, 7) is 8.36. The topological polar surface area (TPSA) is 69.6 Å². The zero-order valence-electron chi connectivity index (χ0n) is 22.3. The Labute approximate surface area is 233 Å².